The third kappa shape index (κ3) is 5.35. The van der Waals surface area contributed by atoms with Gasteiger partial charge in [0.2, 0.25) is 0 Å². The largest absolute Gasteiger partial charge is 0.491 e. The average molecular weight is 293 g/mol. The molecule has 1 atom stereocenters. The number of aliphatic hydroxyl groups is 1. The van der Waals surface area contributed by atoms with Crippen LogP contribution in [0.4, 0.5) is 4.39 Å². The molecule has 114 valence electrons. The standard InChI is InChI=1S/C16H20FNO3/c1-18-5-7-20-16(11-18)12-21-15-9-13(4-2-3-6-19)8-14(17)10-15/h8-10,16,19H,3,5-7,11-12H2,1H3. The van der Waals surface area contributed by atoms with E-state index in [4.69, 9.17) is 14.6 Å². The first kappa shape index (κ1) is 15.8. The molecule has 1 heterocycles. The van der Waals surface area contributed by atoms with E-state index in [1.807, 2.05) is 7.05 Å². The van der Waals surface area contributed by atoms with Crippen LogP contribution in [0.1, 0.15) is 12.0 Å². The normalized spacial score (nSPS) is 18.9. The van der Waals surface area contributed by atoms with E-state index < -0.39 is 0 Å². The van der Waals surface area contributed by atoms with E-state index in [0.717, 1.165) is 13.1 Å². The highest BCUT2D eigenvalue weighted by Crippen LogP contribution is 2.17. The summed E-state index contributed by atoms with van der Waals surface area (Å²) in [6.07, 6.45) is 0.366. The minimum Gasteiger partial charge on any atom is -0.491 e. The third-order valence-electron chi connectivity index (χ3n) is 3.12. The van der Waals surface area contributed by atoms with Gasteiger partial charge >= 0.3 is 0 Å². The number of rotatable bonds is 4. The zero-order chi connectivity index (χ0) is 15.1. The summed E-state index contributed by atoms with van der Waals surface area (Å²) in [7, 11) is 2.03. The fraction of sp³-hybridized carbons (Fsp3) is 0.500. The second-order valence-corrected chi connectivity index (χ2v) is 5.02. The summed E-state index contributed by atoms with van der Waals surface area (Å²) >= 11 is 0. The van der Waals surface area contributed by atoms with Gasteiger partial charge in [0.25, 0.3) is 0 Å². The molecule has 21 heavy (non-hydrogen) atoms. The molecule has 0 saturated carbocycles. The Labute approximate surface area is 124 Å². The number of hydrogen-bond acceptors (Lipinski definition) is 4. The fourth-order valence-electron chi connectivity index (χ4n) is 2.10. The van der Waals surface area contributed by atoms with Crippen molar-refractivity contribution in [1.82, 2.24) is 4.90 Å². The van der Waals surface area contributed by atoms with E-state index in [1.54, 1.807) is 6.07 Å². The molecular weight excluding hydrogens is 273 g/mol. The van der Waals surface area contributed by atoms with Gasteiger partial charge in [0.05, 0.1) is 13.2 Å². The maximum Gasteiger partial charge on any atom is 0.128 e. The zero-order valence-corrected chi connectivity index (χ0v) is 12.1. The van der Waals surface area contributed by atoms with Crippen molar-refractivity contribution in [2.75, 3.05) is 40.0 Å². The van der Waals surface area contributed by atoms with Gasteiger partial charge in [0.15, 0.2) is 0 Å². The van der Waals surface area contributed by atoms with Gasteiger partial charge < -0.3 is 19.5 Å². The Morgan fingerprint density at radius 3 is 3.10 bits per heavy atom. The Kier molecular flexibility index (Phi) is 6.00. The van der Waals surface area contributed by atoms with Crippen LogP contribution in [0.3, 0.4) is 0 Å². The van der Waals surface area contributed by atoms with E-state index in [-0.39, 0.29) is 18.5 Å². The van der Waals surface area contributed by atoms with Crippen LogP contribution in [-0.4, -0.2) is 56.1 Å². The highest BCUT2D eigenvalue weighted by Gasteiger charge is 2.18. The van der Waals surface area contributed by atoms with E-state index in [9.17, 15) is 4.39 Å². The number of nitrogens with zero attached hydrogens (tertiary/aromatic N) is 1. The third-order valence-corrected chi connectivity index (χ3v) is 3.12. The van der Waals surface area contributed by atoms with Gasteiger partial charge in [-0.05, 0) is 19.2 Å². The Morgan fingerprint density at radius 1 is 1.48 bits per heavy atom. The number of aliphatic hydroxyl groups excluding tert-OH is 1. The predicted molar refractivity (Wildman–Crippen MR) is 77.7 cm³/mol. The number of likely N-dealkylation sites (N-methyl/N-ethyl adjacent to an activating group) is 1. The highest BCUT2D eigenvalue weighted by molar-refractivity contribution is 5.40. The smallest absolute Gasteiger partial charge is 0.128 e. The number of morpholine rings is 1. The monoisotopic (exact) mass is 293 g/mol. The lowest BCUT2D eigenvalue weighted by Gasteiger charge is -2.29. The van der Waals surface area contributed by atoms with Crippen molar-refractivity contribution in [2.45, 2.75) is 12.5 Å². The van der Waals surface area contributed by atoms with Gasteiger partial charge in [-0.15, -0.1) is 0 Å². The van der Waals surface area contributed by atoms with Crippen LogP contribution in [0.2, 0.25) is 0 Å². The number of hydrogen-bond donors (Lipinski definition) is 1. The molecule has 0 spiro atoms. The molecule has 0 radical (unpaired) electrons. The lowest BCUT2D eigenvalue weighted by atomic mass is 10.2. The molecule has 0 bridgehead atoms. The number of benzene rings is 1. The summed E-state index contributed by atoms with van der Waals surface area (Å²) in [5.74, 6) is 5.62. The van der Waals surface area contributed by atoms with Gasteiger partial charge in [-0.25, -0.2) is 4.39 Å². The average Bonchev–Trinajstić information content (AvgIpc) is 2.45. The molecule has 0 aromatic heterocycles. The molecule has 1 saturated heterocycles. The minimum absolute atomic E-state index is 0.00178. The van der Waals surface area contributed by atoms with Crippen molar-refractivity contribution in [1.29, 1.82) is 0 Å². The first-order valence-corrected chi connectivity index (χ1v) is 7.00. The van der Waals surface area contributed by atoms with Gasteiger partial charge in [0.1, 0.15) is 24.3 Å². The molecule has 1 N–H and O–H groups in total. The Hall–Kier alpha value is -1.61. The van der Waals surface area contributed by atoms with E-state index in [2.05, 4.69) is 16.7 Å². The minimum atomic E-state index is -0.387. The Bertz CT molecular complexity index is 524. The van der Waals surface area contributed by atoms with Crippen molar-refractivity contribution in [2.24, 2.45) is 0 Å². The van der Waals surface area contributed by atoms with Gasteiger partial charge in [-0.3, -0.25) is 0 Å². The van der Waals surface area contributed by atoms with Crippen LogP contribution in [-0.2, 0) is 4.74 Å². The summed E-state index contributed by atoms with van der Waals surface area (Å²) in [6.45, 7) is 2.79. The topological polar surface area (TPSA) is 41.9 Å². The van der Waals surface area contributed by atoms with Crippen molar-refractivity contribution in [3.8, 4) is 17.6 Å². The first-order valence-electron chi connectivity index (χ1n) is 7.00. The molecule has 1 fully saturated rings. The Morgan fingerprint density at radius 2 is 2.33 bits per heavy atom. The molecule has 1 unspecified atom stereocenters. The molecule has 1 aliphatic rings. The molecule has 5 heteroatoms. The van der Waals surface area contributed by atoms with Crippen LogP contribution in [0.15, 0.2) is 18.2 Å². The lowest BCUT2D eigenvalue weighted by molar-refractivity contribution is -0.0403. The zero-order valence-electron chi connectivity index (χ0n) is 12.1. The summed E-state index contributed by atoms with van der Waals surface area (Å²) < 4.78 is 24.7. The molecule has 4 nitrogen and oxygen atoms in total. The van der Waals surface area contributed by atoms with E-state index in [0.29, 0.717) is 30.9 Å². The van der Waals surface area contributed by atoms with Gasteiger partial charge in [-0.1, -0.05) is 11.8 Å². The SMILES string of the molecule is CN1CCOC(COc2cc(F)cc(C#CCCO)c2)C1. The van der Waals surface area contributed by atoms with Crippen LogP contribution < -0.4 is 4.74 Å². The van der Waals surface area contributed by atoms with Gasteiger partial charge in [-0.2, -0.15) is 0 Å². The van der Waals surface area contributed by atoms with Crippen LogP contribution in [0, 0.1) is 17.7 Å². The van der Waals surface area contributed by atoms with Crippen LogP contribution in [0.25, 0.3) is 0 Å². The fourth-order valence-corrected chi connectivity index (χ4v) is 2.10. The maximum absolute atomic E-state index is 13.5. The second-order valence-electron chi connectivity index (χ2n) is 5.02. The van der Waals surface area contributed by atoms with E-state index in [1.165, 1.54) is 12.1 Å². The van der Waals surface area contributed by atoms with E-state index >= 15 is 0 Å². The summed E-state index contributed by atoms with van der Waals surface area (Å²) in [5, 5.41) is 8.68. The Balaban J connectivity index is 1.95. The molecule has 0 amide bonds. The summed E-state index contributed by atoms with van der Waals surface area (Å²) in [6, 6.07) is 4.38. The maximum atomic E-state index is 13.5. The van der Waals surface area contributed by atoms with Gasteiger partial charge in [0, 0.05) is 31.1 Å². The lowest BCUT2D eigenvalue weighted by Crippen LogP contribution is -2.42. The summed E-state index contributed by atoms with van der Waals surface area (Å²) in [4.78, 5) is 2.18. The first-order chi connectivity index (χ1) is 10.2. The van der Waals surface area contributed by atoms with Crippen molar-refractivity contribution >= 4 is 0 Å². The molecule has 2 rings (SSSR count). The number of halogens is 1. The quantitative estimate of drug-likeness (QED) is 0.849. The highest BCUT2D eigenvalue weighted by atomic mass is 19.1. The summed E-state index contributed by atoms with van der Waals surface area (Å²) in [5.41, 5.74) is 0.542. The molecular formula is C16H20FNO3. The van der Waals surface area contributed by atoms with Crippen molar-refractivity contribution < 1.29 is 19.0 Å². The van der Waals surface area contributed by atoms with Crippen molar-refractivity contribution in [3.63, 3.8) is 0 Å². The van der Waals surface area contributed by atoms with Crippen LogP contribution in [0.5, 0.6) is 5.75 Å². The van der Waals surface area contributed by atoms with Crippen molar-refractivity contribution in [3.05, 3.63) is 29.6 Å². The second kappa shape index (κ2) is 7.99. The molecule has 0 aliphatic carbocycles. The molecule has 1 aliphatic heterocycles. The molecule has 1 aromatic rings. The molecule has 1 aromatic carbocycles. The van der Waals surface area contributed by atoms with Crippen LogP contribution >= 0.6 is 0 Å². The predicted octanol–water partition coefficient (Wildman–Crippen LogP) is 1.27. The number of ether oxygens (including phenoxy) is 2.